The van der Waals surface area contributed by atoms with Crippen LogP contribution in [0.2, 0.25) is 5.02 Å². The van der Waals surface area contributed by atoms with Gasteiger partial charge in [0.25, 0.3) is 15.9 Å². The van der Waals surface area contributed by atoms with Crippen molar-refractivity contribution in [1.82, 2.24) is 5.43 Å². The minimum absolute atomic E-state index is 0.0513. The fourth-order valence-electron chi connectivity index (χ4n) is 2.45. The topological polar surface area (TPSA) is 78.5 Å². The van der Waals surface area contributed by atoms with E-state index in [0.29, 0.717) is 16.3 Å². The van der Waals surface area contributed by atoms with Gasteiger partial charge in [0.1, 0.15) is 0 Å². The minimum atomic E-state index is -3.77. The molecule has 3 aromatic carbocycles. The van der Waals surface area contributed by atoms with E-state index in [1.54, 1.807) is 36.3 Å². The molecule has 0 atom stereocenters. The first kappa shape index (κ1) is 19.7. The van der Waals surface area contributed by atoms with Gasteiger partial charge in [0, 0.05) is 23.3 Å². The van der Waals surface area contributed by atoms with Crippen molar-refractivity contribution in [3.05, 3.63) is 89.4 Å². The highest BCUT2D eigenvalue weighted by molar-refractivity contribution is 7.92. The molecule has 0 aliphatic rings. The number of para-hydroxylation sites is 1. The second kappa shape index (κ2) is 8.33. The summed E-state index contributed by atoms with van der Waals surface area (Å²) in [6.07, 6.45) is 0. The molecular weight excluding hydrogens is 398 g/mol. The Bertz CT molecular complexity index is 1050. The van der Waals surface area contributed by atoms with Crippen molar-refractivity contribution in [2.24, 2.45) is 0 Å². The lowest BCUT2D eigenvalue weighted by Gasteiger charge is -2.20. The zero-order valence-corrected chi connectivity index (χ0v) is 16.5. The first-order valence-corrected chi connectivity index (χ1v) is 10.2. The molecular formula is C20H18ClN3O3S. The van der Waals surface area contributed by atoms with Gasteiger partial charge in [-0.25, -0.2) is 8.42 Å². The Morgan fingerprint density at radius 1 is 0.893 bits per heavy atom. The van der Waals surface area contributed by atoms with E-state index in [2.05, 4.69) is 10.1 Å². The standard InChI is InChI=1S/C20H18ClN3O3S/c1-24(18-5-3-2-4-6-18)22-20(25)15-7-13-19(14-8-15)28(26,27)23-17-11-9-16(21)10-12-17/h2-14,23H,1H3,(H,22,25). The number of halogens is 1. The number of carbonyl (C=O) groups is 1. The van der Waals surface area contributed by atoms with E-state index in [1.165, 1.54) is 24.3 Å². The van der Waals surface area contributed by atoms with Gasteiger partial charge < -0.3 is 0 Å². The summed E-state index contributed by atoms with van der Waals surface area (Å²) < 4.78 is 27.4. The highest BCUT2D eigenvalue weighted by atomic mass is 35.5. The van der Waals surface area contributed by atoms with Crippen LogP contribution in [-0.4, -0.2) is 21.4 Å². The van der Waals surface area contributed by atoms with Crippen LogP contribution in [0.1, 0.15) is 10.4 Å². The predicted octanol–water partition coefficient (Wildman–Crippen LogP) is 3.92. The normalized spacial score (nSPS) is 10.9. The van der Waals surface area contributed by atoms with E-state index in [1.807, 2.05) is 30.3 Å². The van der Waals surface area contributed by atoms with E-state index in [-0.39, 0.29) is 10.8 Å². The summed E-state index contributed by atoms with van der Waals surface area (Å²) in [6, 6.07) is 21.4. The van der Waals surface area contributed by atoms with E-state index in [4.69, 9.17) is 11.6 Å². The number of carbonyl (C=O) groups excluding carboxylic acids is 1. The molecule has 8 heteroatoms. The summed E-state index contributed by atoms with van der Waals surface area (Å²) in [5.74, 6) is -0.346. The number of hydrazine groups is 1. The zero-order chi connectivity index (χ0) is 20.1. The average molecular weight is 416 g/mol. The number of amides is 1. The Labute approximate surface area is 168 Å². The Morgan fingerprint density at radius 2 is 1.50 bits per heavy atom. The number of benzene rings is 3. The van der Waals surface area contributed by atoms with Crippen molar-refractivity contribution in [3.8, 4) is 0 Å². The summed E-state index contributed by atoms with van der Waals surface area (Å²) >= 11 is 5.80. The molecule has 28 heavy (non-hydrogen) atoms. The molecule has 3 aromatic rings. The van der Waals surface area contributed by atoms with Crippen LogP contribution in [0.4, 0.5) is 11.4 Å². The molecule has 0 saturated heterocycles. The molecule has 144 valence electrons. The van der Waals surface area contributed by atoms with Crippen LogP contribution < -0.4 is 15.2 Å². The van der Waals surface area contributed by atoms with Crippen LogP contribution in [0, 0.1) is 0 Å². The summed E-state index contributed by atoms with van der Waals surface area (Å²) in [6.45, 7) is 0. The van der Waals surface area contributed by atoms with E-state index in [0.717, 1.165) is 5.69 Å². The molecule has 1 amide bonds. The predicted molar refractivity (Wildman–Crippen MR) is 111 cm³/mol. The third-order valence-electron chi connectivity index (χ3n) is 3.94. The number of nitrogens with zero attached hydrogens (tertiary/aromatic N) is 1. The molecule has 0 aliphatic carbocycles. The van der Waals surface area contributed by atoms with Gasteiger partial charge in [-0.15, -0.1) is 0 Å². The fourth-order valence-corrected chi connectivity index (χ4v) is 3.64. The lowest BCUT2D eigenvalue weighted by atomic mass is 10.2. The molecule has 0 aromatic heterocycles. The van der Waals surface area contributed by atoms with E-state index < -0.39 is 10.0 Å². The van der Waals surface area contributed by atoms with Crippen molar-refractivity contribution in [3.63, 3.8) is 0 Å². The molecule has 0 radical (unpaired) electrons. The lowest BCUT2D eigenvalue weighted by Crippen LogP contribution is -2.39. The molecule has 0 bridgehead atoms. The SMILES string of the molecule is CN(NC(=O)c1ccc(S(=O)(=O)Nc2ccc(Cl)cc2)cc1)c1ccccc1. The smallest absolute Gasteiger partial charge is 0.269 e. The van der Waals surface area contributed by atoms with Gasteiger partial charge in [-0.05, 0) is 60.7 Å². The highest BCUT2D eigenvalue weighted by Crippen LogP contribution is 2.19. The van der Waals surface area contributed by atoms with Gasteiger partial charge in [-0.3, -0.25) is 20.0 Å². The van der Waals surface area contributed by atoms with Crippen LogP contribution >= 0.6 is 11.6 Å². The van der Waals surface area contributed by atoms with Gasteiger partial charge >= 0.3 is 0 Å². The molecule has 0 unspecified atom stereocenters. The van der Waals surface area contributed by atoms with Crippen LogP contribution in [0.3, 0.4) is 0 Å². The second-order valence-corrected chi connectivity index (χ2v) is 8.09. The largest absolute Gasteiger partial charge is 0.288 e. The molecule has 0 saturated carbocycles. The Balaban J connectivity index is 1.70. The van der Waals surface area contributed by atoms with E-state index in [9.17, 15) is 13.2 Å². The van der Waals surface area contributed by atoms with Crippen molar-refractivity contribution in [2.45, 2.75) is 4.90 Å². The summed E-state index contributed by atoms with van der Waals surface area (Å²) in [4.78, 5) is 12.4. The number of sulfonamides is 1. The van der Waals surface area contributed by atoms with Crippen LogP contribution in [-0.2, 0) is 10.0 Å². The maximum absolute atomic E-state index is 12.5. The molecule has 6 nitrogen and oxygen atoms in total. The first-order chi connectivity index (χ1) is 13.3. The molecule has 0 fully saturated rings. The Morgan fingerprint density at radius 3 is 2.11 bits per heavy atom. The fraction of sp³-hybridized carbons (Fsp3) is 0.0500. The van der Waals surface area contributed by atoms with Crippen molar-refractivity contribution in [2.75, 3.05) is 16.8 Å². The van der Waals surface area contributed by atoms with Crippen molar-refractivity contribution < 1.29 is 13.2 Å². The Hall–Kier alpha value is -3.03. The third-order valence-corrected chi connectivity index (χ3v) is 5.59. The molecule has 0 spiro atoms. The van der Waals surface area contributed by atoms with Crippen molar-refractivity contribution >= 4 is 38.9 Å². The monoisotopic (exact) mass is 415 g/mol. The lowest BCUT2D eigenvalue weighted by molar-refractivity contribution is 0.0951. The maximum Gasteiger partial charge on any atom is 0.269 e. The quantitative estimate of drug-likeness (QED) is 0.598. The van der Waals surface area contributed by atoms with Gasteiger partial charge in [0.05, 0.1) is 10.6 Å². The molecule has 0 heterocycles. The second-order valence-electron chi connectivity index (χ2n) is 5.97. The number of hydrogen-bond acceptors (Lipinski definition) is 4. The number of nitrogens with one attached hydrogen (secondary N) is 2. The van der Waals surface area contributed by atoms with E-state index >= 15 is 0 Å². The summed E-state index contributed by atoms with van der Waals surface area (Å²) in [7, 11) is -2.05. The third kappa shape index (κ3) is 4.82. The van der Waals surface area contributed by atoms with Crippen LogP contribution in [0.15, 0.2) is 83.8 Å². The number of hydrogen-bond donors (Lipinski definition) is 2. The number of anilines is 2. The number of rotatable bonds is 6. The minimum Gasteiger partial charge on any atom is -0.288 e. The van der Waals surface area contributed by atoms with Crippen molar-refractivity contribution in [1.29, 1.82) is 0 Å². The van der Waals surface area contributed by atoms with Gasteiger partial charge in [-0.2, -0.15) is 0 Å². The van der Waals surface area contributed by atoms with Crippen LogP contribution in [0.25, 0.3) is 0 Å². The average Bonchev–Trinajstić information content (AvgIpc) is 2.70. The molecule has 2 N–H and O–H groups in total. The highest BCUT2D eigenvalue weighted by Gasteiger charge is 2.16. The summed E-state index contributed by atoms with van der Waals surface area (Å²) in [5.41, 5.74) is 4.29. The first-order valence-electron chi connectivity index (χ1n) is 8.33. The zero-order valence-electron chi connectivity index (χ0n) is 15.0. The maximum atomic E-state index is 12.5. The molecule has 3 rings (SSSR count). The molecule has 0 aliphatic heterocycles. The van der Waals surface area contributed by atoms with Gasteiger partial charge in [0.2, 0.25) is 0 Å². The van der Waals surface area contributed by atoms with Crippen LogP contribution in [0.5, 0.6) is 0 Å². The van der Waals surface area contributed by atoms with Gasteiger partial charge in [0.15, 0.2) is 0 Å². The Kier molecular flexibility index (Phi) is 5.87. The van der Waals surface area contributed by atoms with Gasteiger partial charge in [-0.1, -0.05) is 29.8 Å². The summed E-state index contributed by atoms with van der Waals surface area (Å²) in [5, 5.41) is 2.11.